The highest BCUT2D eigenvalue weighted by atomic mass is 19.1. The van der Waals surface area contributed by atoms with Crippen LogP contribution in [0, 0.1) is 5.82 Å². The molecule has 0 atom stereocenters. The molecule has 0 aromatic heterocycles. The van der Waals surface area contributed by atoms with Crippen LogP contribution in [0.4, 0.5) is 4.39 Å². The number of halogens is 1. The zero-order chi connectivity index (χ0) is 12.6. The summed E-state index contributed by atoms with van der Waals surface area (Å²) in [6.07, 6.45) is 0. The molecule has 0 radical (unpaired) electrons. The number of amides is 1. The number of carbonyl (C=O) groups excluding carboxylic acids is 1. The van der Waals surface area contributed by atoms with Crippen LogP contribution in [-0.4, -0.2) is 36.5 Å². The summed E-state index contributed by atoms with van der Waals surface area (Å²) < 4.78 is 18.2. The second-order valence-corrected chi connectivity index (χ2v) is 4.66. The zero-order valence-corrected chi connectivity index (χ0v) is 9.87. The van der Waals surface area contributed by atoms with Gasteiger partial charge in [-0.3, -0.25) is 4.79 Å². The molecule has 1 heterocycles. The highest BCUT2D eigenvalue weighted by Gasteiger charge is 2.38. The van der Waals surface area contributed by atoms with E-state index >= 15 is 0 Å². The van der Waals surface area contributed by atoms with Crippen molar-refractivity contribution in [3.05, 3.63) is 29.6 Å². The number of nitrogens with two attached hydrogens (primary N) is 1. The molecule has 1 aromatic carbocycles. The maximum absolute atomic E-state index is 13.4. The van der Waals surface area contributed by atoms with E-state index in [1.807, 2.05) is 6.92 Å². The van der Waals surface area contributed by atoms with E-state index in [4.69, 9.17) is 10.5 Å². The van der Waals surface area contributed by atoms with E-state index in [0.29, 0.717) is 18.7 Å². The minimum absolute atomic E-state index is 0.133. The molecule has 0 spiro atoms. The van der Waals surface area contributed by atoms with Crippen LogP contribution in [0.5, 0.6) is 5.75 Å². The molecule has 1 fully saturated rings. The van der Waals surface area contributed by atoms with Gasteiger partial charge in [0.05, 0.1) is 7.11 Å². The minimum Gasteiger partial charge on any atom is -0.494 e. The van der Waals surface area contributed by atoms with Crippen LogP contribution in [0.3, 0.4) is 0 Å². The number of ether oxygens (including phenoxy) is 1. The number of benzene rings is 1. The SMILES string of the molecule is COc1ccc(C(=O)N2CC(C)(N)C2)cc1F. The third-order valence-electron chi connectivity index (χ3n) is 2.79. The molecule has 1 aliphatic rings. The molecule has 2 N–H and O–H groups in total. The molecule has 1 amide bonds. The van der Waals surface area contributed by atoms with Crippen molar-refractivity contribution in [3.63, 3.8) is 0 Å². The first-order valence-electron chi connectivity index (χ1n) is 5.35. The Hall–Kier alpha value is -1.62. The summed E-state index contributed by atoms with van der Waals surface area (Å²) >= 11 is 0. The molecule has 0 bridgehead atoms. The fourth-order valence-electron chi connectivity index (χ4n) is 1.95. The number of hydrogen-bond acceptors (Lipinski definition) is 3. The van der Waals surface area contributed by atoms with Gasteiger partial charge in [0.25, 0.3) is 5.91 Å². The van der Waals surface area contributed by atoms with Crippen molar-refractivity contribution in [1.29, 1.82) is 0 Å². The van der Waals surface area contributed by atoms with E-state index in [-0.39, 0.29) is 17.2 Å². The molecule has 0 saturated carbocycles. The van der Waals surface area contributed by atoms with Crippen molar-refractivity contribution < 1.29 is 13.9 Å². The van der Waals surface area contributed by atoms with Gasteiger partial charge in [-0.2, -0.15) is 0 Å². The molecule has 0 unspecified atom stereocenters. The maximum atomic E-state index is 13.4. The molecule has 92 valence electrons. The Bertz CT molecular complexity index is 452. The summed E-state index contributed by atoms with van der Waals surface area (Å²) in [5, 5.41) is 0. The normalized spacial score (nSPS) is 17.5. The van der Waals surface area contributed by atoms with Crippen molar-refractivity contribution in [2.75, 3.05) is 20.2 Å². The van der Waals surface area contributed by atoms with Crippen LogP contribution in [-0.2, 0) is 0 Å². The Morgan fingerprint density at radius 3 is 2.65 bits per heavy atom. The summed E-state index contributed by atoms with van der Waals surface area (Å²) in [5.41, 5.74) is 5.81. The summed E-state index contributed by atoms with van der Waals surface area (Å²) in [6.45, 7) is 2.88. The second-order valence-electron chi connectivity index (χ2n) is 4.66. The van der Waals surface area contributed by atoms with Gasteiger partial charge in [-0.05, 0) is 25.1 Å². The first-order chi connectivity index (χ1) is 7.93. The second kappa shape index (κ2) is 4.00. The number of likely N-dealkylation sites (tertiary alicyclic amines) is 1. The first kappa shape index (κ1) is 11.9. The fraction of sp³-hybridized carbons (Fsp3) is 0.417. The lowest BCUT2D eigenvalue weighted by Gasteiger charge is -2.45. The lowest BCUT2D eigenvalue weighted by atomic mass is 9.93. The average Bonchev–Trinajstić information content (AvgIpc) is 2.24. The Morgan fingerprint density at radius 2 is 2.18 bits per heavy atom. The van der Waals surface area contributed by atoms with Crippen LogP contribution in [0.2, 0.25) is 0 Å². The van der Waals surface area contributed by atoms with Crippen LogP contribution < -0.4 is 10.5 Å². The highest BCUT2D eigenvalue weighted by Crippen LogP contribution is 2.23. The van der Waals surface area contributed by atoms with Gasteiger partial charge < -0.3 is 15.4 Å². The molecule has 17 heavy (non-hydrogen) atoms. The summed E-state index contributed by atoms with van der Waals surface area (Å²) in [7, 11) is 1.38. The number of methoxy groups -OCH3 is 1. The Morgan fingerprint density at radius 1 is 1.53 bits per heavy atom. The van der Waals surface area contributed by atoms with Gasteiger partial charge in [0, 0.05) is 24.2 Å². The van der Waals surface area contributed by atoms with Crippen molar-refractivity contribution in [2.24, 2.45) is 5.73 Å². The van der Waals surface area contributed by atoms with Crippen molar-refractivity contribution in [2.45, 2.75) is 12.5 Å². The van der Waals surface area contributed by atoms with E-state index in [1.165, 1.54) is 19.2 Å². The van der Waals surface area contributed by atoms with Gasteiger partial charge in [-0.1, -0.05) is 0 Å². The van der Waals surface area contributed by atoms with E-state index in [2.05, 4.69) is 0 Å². The topological polar surface area (TPSA) is 55.6 Å². The monoisotopic (exact) mass is 238 g/mol. The average molecular weight is 238 g/mol. The van der Waals surface area contributed by atoms with Crippen molar-refractivity contribution >= 4 is 5.91 Å². The zero-order valence-electron chi connectivity index (χ0n) is 9.87. The summed E-state index contributed by atoms with van der Waals surface area (Å²) in [5.74, 6) is -0.599. The summed E-state index contributed by atoms with van der Waals surface area (Å²) in [4.78, 5) is 13.5. The molecule has 0 aliphatic carbocycles. The summed E-state index contributed by atoms with van der Waals surface area (Å²) in [6, 6.07) is 4.19. The Labute approximate surface area is 99.2 Å². The maximum Gasteiger partial charge on any atom is 0.254 e. The molecular weight excluding hydrogens is 223 g/mol. The number of carbonyl (C=O) groups is 1. The van der Waals surface area contributed by atoms with E-state index in [0.717, 1.165) is 0 Å². The minimum atomic E-state index is -0.533. The third kappa shape index (κ3) is 2.24. The lowest BCUT2D eigenvalue weighted by molar-refractivity contribution is 0.0453. The van der Waals surface area contributed by atoms with Gasteiger partial charge in [-0.15, -0.1) is 0 Å². The molecule has 4 nitrogen and oxygen atoms in total. The van der Waals surface area contributed by atoms with Crippen LogP contribution in [0.1, 0.15) is 17.3 Å². The molecular formula is C12H15FN2O2. The quantitative estimate of drug-likeness (QED) is 0.836. The predicted molar refractivity (Wildman–Crippen MR) is 61.4 cm³/mol. The van der Waals surface area contributed by atoms with Gasteiger partial charge in [0.15, 0.2) is 11.6 Å². The smallest absolute Gasteiger partial charge is 0.254 e. The standard InChI is InChI=1S/C12H15FN2O2/c1-12(14)6-15(7-12)11(16)8-3-4-10(17-2)9(13)5-8/h3-5H,6-7,14H2,1-2H3. The van der Waals surface area contributed by atoms with E-state index in [1.54, 1.807) is 11.0 Å². The van der Waals surface area contributed by atoms with Crippen molar-refractivity contribution in [3.8, 4) is 5.75 Å². The van der Waals surface area contributed by atoms with Crippen LogP contribution in [0.25, 0.3) is 0 Å². The van der Waals surface area contributed by atoms with Gasteiger partial charge in [0.1, 0.15) is 0 Å². The molecule has 1 aromatic rings. The van der Waals surface area contributed by atoms with Crippen LogP contribution in [0.15, 0.2) is 18.2 Å². The largest absolute Gasteiger partial charge is 0.494 e. The Balaban J connectivity index is 2.13. The fourth-order valence-corrected chi connectivity index (χ4v) is 1.95. The molecule has 2 rings (SSSR count). The molecule has 1 saturated heterocycles. The molecule has 1 aliphatic heterocycles. The highest BCUT2D eigenvalue weighted by molar-refractivity contribution is 5.95. The van der Waals surface area contributed by atoms with Gasteiger partial charge in [-0.25, -0.2) is 4.39 Å². The van der Waals surface area contributed by atoms with E-state index < -0.39 is 5.82 Å². The number of nitrogens with zero attached hydrogens (tertiary/aromatic N) is 1. The molecule has 5 heteroatoms. The lowest BCUT2D eigenvalue weighted by Crippen LogP contribution is -2.66. The van der Waals surface area contributed by atoms with Crippen molar-refractivity contribution in [1.82, 2.24) is 4.90 Å². The first-order valence-corrected chi connectivity index (χ1v) is 5.35. The number of hydrogen-bond donors (Lipinski definition) is 1. The third-order valence-corrected chi connectivity index (χ3v) is 2.79. The van der Waals surface area contributed by atoms with Crippen LogP contribution >= 0.6 is 0 Å². The van der Waals surface area contributed by atoms with Gasteiger partial charge in [0.2, 0.25) is 0 Å². The predicted octanol–water partition coefficient (Wildman–Crippen LogP) is 1.01. The number of rotatable bonds is 2. The van der Waals surface area contributed by atoms with Gasteiger partial charge >= 0.3 is 0 Å². The Kier molecular flexibility index (Phi) is 2.79. The van der Waals surface area contributed by atoms with E-state index in [9.17, 15) is 9.18 Å².